The van der Waals surface area contributed by atoms with Crippen molar-refractivity contribution in [3.8, 4) is 0 Å². The fraction of sp³-hybridized carbons (Fsp3) is 0.286. The number of anilines is 1. The molecule has 1 atom stereocenters. The van der Waals surface area contributed by atoms with Crippen molar-refractivity contribution in [3.63, 3.8) is 0 Å². The monoisotopic (exact) mass is 259 g/mol. The second-order valence-electron chi connectivity index (χ2n) is 4.55. The van der Waals surface area contributed by atoms with Gasteiger partial charge in [-0.3, -0.25) is 9.78 Å². The van der Waals surface area contributed by atoms with Gasteiger partial charge < -0.3 is 16.2 Å². The molecule has 0 saturated carbocycles. The molecule has 0 aliphatic rings. The molecule has 19 heavy (non-hydrogen) atoms. The lowest BCUT2D eigenvalue weighted by Gasteiger charge is -2.08. The Bertz CT molecular complexity index is 596. The van der Waals surface area contributed by atoms with Gasteiger partial charge in [-0.15, -0.1) is 0 Å². The summed E-state index contributed by atoms with van der Waals surface area (Å²) in [6, 6.07) is 9.29. The minimum atomic E-state index is -0.552. The predicted molar refractivity (Wildman–Crippen MR) is 74.5 cm³/mol. The number of hydrogen-bond acceptors (Lipinski definition) is 4. The molecule has 0 aliphatic carbocycles. The van der Waals surface area contributed by atoms with Gasteiger partial charge in [0.2, 0.25) is 5.91 Å². The third kappa shape index (κ3) is 3.42. The van der Waals surface area contributed by atoms with Crippen molar-refractivity contribution in [1.29, 1.82) is 0 Å². The van der Waals surface area contributed by atoms with Crippen LogP contribution >= 0.6 is 0 Å². The molecule has 0 bridgehead atoms. The van der Waals surface area contributed by atoms with Gasteiger partial charge in [-0.2, -0.15) is 0 Å². The molecule has 0 saturated heterocycles. The highest BCUT2D eigenvalue weighted by atomic mass is 16.3. The standard InChI is InChI=1S/C14H17N3O2/c1-9(18)8-16-13(19)7-11-6-5-10-3-2-4-12(15)14(10)17-11/h2-6,9,18H,7-8,15H2,1H3,(H,16,19). The lowest BCUT2D eigenvalue weighted by molar-refractivity contribution is -0.120. The average Bonchev–Trinajstić information content (AvgIpc) is 2.37. The van der Waals surface area contributed by atoms with Crippen LogP contribution in [0, 0.1) is 0 Å². The van der Waals surface area contributed by atoms with E-state index >= 15 is 0 Å². The van der Waals surface area contributed by atoms with E-state index < -0.39 is 6.10 Å². The van der Waals surface area contributed by atoms with Crippen LogP contribution in [0.4, 0.5) is 5.69 Å². The number of hydrogen-bond donors (Lipinski definition) is 3. The number of nitrogens with two attached hydrogens (primary N) is 1. The number of rotatable bonds is 4. The molecule has 4 N–H and O–H groups in total. The maximum atomic E-state index is 11.6. The number of nitrogens with zero attached hydrogens (tertiary/aromatic N) is 1. The van der Waals surface area contributed by atoms with E-state index in [0.717, 1.165) is 5.39 Å². The Morgan fingerprint density at radius 3 is 2.95 bits per heavy atom. The highest BCUT2D eigenvalue weighted by Crippen LogP contribution is 2.18. The molecular weight excluding hydrogens is 242 g/mol. The maximum absolute atomic E-state index is 11.6. The zero-order chi connectivity index (χ0) is 13.8. The minimum absolute atomic E-state index is 0.165. The summed E-state index contributed by atoms with van der Waals surface area (Å²) in [7, 11) is 0. The largest absolute Gasteiger partial charge is 0.397 e. The van der Waals surface area contributed by atoms with Gasteiger partial charge in [0.15, 0.2) is 0 Å². The highest BCUT2D eigenvalue weighted by Gasteiger charge is 2.07. The van der Waals surface area contributed by atoms with Crippen molar-refractivity contribution in [2.75, 3.05) is 12.3 Å². The summed E-state index contributed by atoms with van der Waals surface area (Å²) in [6.07, 6.45) is -0.374. The Kier molecular flexibility index (Phi) is 3.97. The first-order valence-corrected chi connectivity index (χ1v) is 6.15. The number of carbonyl (C=O) groups excluding carboxylic acids is 1. The number of benzene rings is 1. The van der Waals surface area contributed by atoms with Crippen LogP contribution in [0.1, 0.15) is 12.6 Å². The Hall–Kier alpha value is -2.14. The Morgan fingerprint density at radius 1 is 1.42 bits per heavy atom. The molecule has 2 aromatic rings. The number of fused-ring (bicyclic) bond motifs is 1. The van der Waals surface area contributed by atoms with Crippen molar-refractivity contribution < 1.29 is 9.90 Å². The molecule has 2 rings (SSSR count). The van der Waals surface area contributed by atoms with Crippen LogP contribution in [0.2, 0.25) is 0 Å². The summed E-state index contributed by atoms with van der Waals surface area (Å²) in [6.45, 7) is 1.86. The van der Waals surface area contributed by atoms with Gasteiger partial charge in [0.1, 0.15) is 0 Å². The number of aromatic nitrogens is 1. The topological polar surface area (TPSA) is 88.2 Å². The van der Waals surface area contributed by atoms with Gasteiger partial charge in [-0.05, 0) is 19.1 Å². The molecule has 5 nitrogen and oxygen atoms in total. The van der Waals surface area contributed by atoms with Gasteiger partial charge in [-0.25, -0.2) is 0 Å². The van der Waals surface area contributed by atoms with Crippen LogP contribution in [-0.2, 0) is 11.2 Å². The van der Waals surface area contributed by atoms with Gasteiger partial charge in [0.25, 0.3) is 0 Å². The lowest BCUT2D eigenvalue weighted by Crippen LogP contribution is -2.31. The van der Waals surface area contributed by atoms with E-state index in [-0.39, 0.29) is 18.9 Å². The first kappa shape index (κ1) is 13.3. The van der Waals surface area contributed by atoms with Crippen LogP contribution in [0.25, 0.3) is 10.9 Å². The summed E-state index contributed by atoms with van der Waals surface area (Å²) in [5, 5.41) is 12.7. The molecule has 100 valence electrons. The van der Waals surface area contributed by atoms with Crippen molar-refractivity contribution in [2.45, 2.75) is 19.4 Å². The SMILES string of the molecule is CC(O)CNC(=O)Cc1ccc2cccc(N)c2n1. The average molecular weight is 259 g/mol. The smallest absolute Gasteiger partial charge is 0.226 e. The quantitative estimate of drug-likeness (QED) is 0.710. The Balaban J connectivity index is 2.13. The number of aliphatic hydroxyl groups is 1. The molecule has 0 spiro atoms. The number of carbonyl (C=O) groups is 1. The van der Waals surface area contributed by atoms with Crippen molar-refractivity contribution in [3.05, 3.63) is 36.0 Å². The van der Waals surface area contributed by atoms with Gasteiger partial charge >= 0.3 is 0 Å². The van der Waals surface area contributed by atoms with Crippen LogP contribution in [0.15, 0.2) is 30.3 Å². The predicted octanol–water partition coefficient (Wildman–Crippen LogP) is 0.856. The van der Waals surface area contributed by atoms with Crippen LogP contribution in [-0.4, -0.2) is 28.6 Å². The first-order valence-electron chi connectivity index (χ1n) is 6.15. The molecule has 1 heterocycles. The number of nitrogens with one attached hydrogen (secondary N) is 1. The summed E-state index contributed by atoms with van der Waals surface area (Å²) >= 11 is 0. The number of nitrogen functional groups attached to an aromatic ring is 1. The Labute approximate surface area is 111 Å². The Morgan fingerprint density at radius 2 is 2.21 bits per heavy atom. The number of amides is 1. The van der Waals surface area contributed by atoms with E-state index in [4.69, 9.17) is 10.8 Å². The van der Waals surface area contributed by atoms with E-state index in [9.17, 15) is 4.79 Å². The number of para-hydroxylation sites is 1. The summed E-state index contributed by atoms with van der Waals surface area (Å²) in [5.74, 6) is -0.165. The zero-order valence-electron chi connectivity index (χ0n) is 10.8. The molecule has 0 fully saturated rings. The molecule has 1 amide bonds. The van der Waals surface area contributed by atoms with Gasteiger partial charge in [0, 0.05) is 11.9 Å². The second-order valence-corrected chi connectivity index (χ2v) is 4.55. The van der Waals surface area contributed by atoms with Crippen molar-refractivity contribution >= 4 is 22.5 Å². The zero-order valence-corrected chi connectivity index (χ0v) is 10.8. The van der Waals surface area contributed by atoms with Crippen LogP contribution < -0.4 is 11.1 Å². The van der Waals surface area contributed by atoms with Crippen LogP contribution in [0.5, 0.6) is 0 Å². The molecule has 0 radical (unpaired) electrons. The van der Waals surface area contributed by atoms with E-state index in [1.54, 1.807) is 13.0 Å². The fourth-order valence-corrected chi connectivity index (χ4v) is 1.80. The maximum Gasteiger partial charge on any atom is 0.226 e. The van der Waals surface area contributed by atoms with E-state index in [0.29, 0.717) is 16.9 Å². The van der Waals surface area contributed by atoms with E-state index in [1.807, 2.05) is 24.3 Å². The van der Waals surface area contributed by atoms with E-state index in [1.165, 1.54) is 0 Å². The molecule has 1 aromatic carbocycles. The van der Waals surface area contributed by atoms with E-state index in [2.05, 4.69) is 10.3 Å². The minimum Gasteiger partial charge on any atom is -0.397 e. The molecule has 1 aromatic heterocycles. The molecule has 1 unspecified atom stereocenters. The number of aliphatic hydroxyl groups excluding tert-OH is 1. The molecule has 0 aliphatic heterocycles. The summed E-state index contributed by atoms with van der Waals surface area (Å²) in [5.41, 5.74) is 7.83. The molecule has 5 heteroatoms. The first-order chi connectivity index (χ1) is 9.06. The third-order valence-electron chi connectivity index (χ3n) is 2.75. The summed E-state index contributed by atoms with van der Waals surface area (Å²) in [4.78, 5) is 16.0. The highest BCUT2D eigenvalue weighted by molar-refractivity contribution is 5.89. The van der Waals surface area contributed by atoms with Crippen molar-refractivity contribution in [1.82, 2.24) is 10.3 Å². The van der Waals surface area contributed by atoms with Gasteiger partial charge in [0.05, 0.1) is 29.4 Å². The van der Waals surface area contributed by atoms with Crippen molar-refractivity contribution in [2.24, 2.45) is 0 Å². The lowest BCUT2D eigenvalue weighted by atomic mass is 10.1. The fourth-order valence-electron chi connectivity index (χ4n) is 1.80. The molecular formula is C14H17N3O2. The van der Waals surface area contributed by atoms with Gasteiger partial charge in [-0.1, -0.05) is 18.2 Å². The summed E-state index contributed by atoms with van der Waals surface area (Å²) < 4.78 is 0. The normalized spacial score (nSPS) is 12.3. The number of pyridine rings is 1. The van der Waals surface area contributed by atoms with Crippen LogP contribution in [0.3, 0.4) is 0 Å². The third-order valence-corrected chi connectivity index (χ3v) is 2.75. The second kappa shape index (κ2) is 5.67.